The highest BCUT2D eigenvalue weighted by Gasteiger charge is 2.33. The van der Waals surface area contributed by atoms with E-state index in [2.05, 4.69) is 18.7 Å². The first-order valence-corrected chi connectivity index (χ1v) is 6.27. The molecule has 1 saturated heterocycles. The molecule has 0 saturated carbocycles. The van der Waals surface area contributed by atoms with E-state index in [0.29, 0.717) is 28.9 Å². The second-order valence-electron chi connectivity index (χ2n) is 4.85. The molecule has 5 heteroatoms. The molecule has 1 heterocycles. The van der Waals surface area contributed by atoms with Gasteiger partial charge in [0, 0.05) is 12.2 Å². The van der Waals surface area contributed by atoms with E-state index in [1.165, 1.54) is 0 Å². The third kappa shape index (κ3) is 2.46. The Bertz CT molecular complexity index is 412. The van der Waals surface area contributed by atoms with E-state index in [4.69, 9.17) is 33.7 Å². The van der Waals surface area contributed by atoms with Gasteiger partial charge in [0.2, 0.25) is 0 Å². The highest BCUT2D eigenvalue weighted by Crippen LogP contribution is 2.39. The highest BCUT2D eigenvalue weighted by molar-refractivity contribution is 6.39. The molecule has 1 fully saturated rings. The molecule has 0 aliphatic carbocycles. The Morgan fingerprint density at radius 3 is 2.41 bits per heavy atom. The van der Waals surface area contributed by atoms with Crippen LogP contribution in [0.2, 0.25) is 10.0 Å². The molecule has 94 valence electrons. The molecule has 1 aliphatic heterocycles. The maximum absolute atomic E-state index is 6.25. The molecule has 0 atom stereocenters. The third-order valence-electron chi connectivity index (χ3n) is 2.95. The fraction of sp³-hybridized carbons (Fsp3) is 0.500. The molecular formula is C12H16Cl2N2O. The largest absolute Gasteiger partial charge is 0.399 e. The number of anilines is 2. The Balaban J connectivity index is 2.45. The van der Waals surface area contributed by atoms with Gasteiger partial charge in [0.15, 0.2) is 0 Å². The summed E-state index contributed by atoms with van der Waals surface area (Å²) in [5.41, 5.74) is 7.01. The number of nitrogens with zero attached hydrogens (tertiary/aromatic N) is 1. The van der Waals surface area contributed by atoms with Crippen LogP contribution < -0.4 is 10.6 Å². The fourth-order valence-corrected chi connectivity index (χ4v) is 2.82. The molecule has 0 radical (unpaired) electrons. The fourth-order valence-electron chi connectivity index (χ4n) is 2.12. The van der Waals surface area contributed by atoms with Crippen molar-refractivity contribution in [2.45, 2.75) is 19.4 Å². The third-order valence-corrected chi connectivity index (χ3v) is 3.53. The molecule has 3 nitrogen and oxygen atoms in total. The van der Waals surface area contributed by atoms with Crippen LogP contribution in [0.5, 0.6) is 0 Å². The molecule has 2 rings (SSSR count). The van der Waals surface area contributed by atoms with Crippen molar-refractivity contribution in [3.63, 3.8) is 0 Å². The monoisotopic (exact) mass is 274 g/mol. The molecular weight excluding hydrogens is 259 g/mol. The average Bonchev–Trinajstić information content (AvgIpc) is 2.18. The Morgan fingerprint density at radius 2 is 1.88 bits per heavy atom. The van der Waals surface area contributed by atoms with E-state index >= 15 is 0 Å². The van der Waals surface area contributed by atoms with Crippen LogP contribution in [0.3, 0.4) is 0 Å². The summed E-state index contributed by atoms with van der Waals surface area (Å²) in [6.45, 7) is 6.32. The lowest BCUT2D eigenvalue weighted by Gasteiger charge is -2.44. The van der Waals surface area contributed by atoms with E-state index in [1.54, 1.807) is 12.1 Å². The van der Waals surface area contributed by atoms with Gasteiger partial charge in [-0.25, -0.2) is 0 Å². The number of hydrogen-bond donors (Lipinski definition) is 1. The van der Waals surface area contributed by atoms with Gasteiger partial charge in [-0.1, -0.05) is 23.2 Å². The van der Waals surface area contributed by atoms with Gasteiger partial charge in [0.05, 0.1) is 34.5 Å². The number of benzene rings is 1. The summed E-state index contributed by atoms with van der Waals surface area (Å²) in [5.74, 6) is 0. The van der Waals surface area contributed by atoms with E-state index in [1.807, 2.05) is 0 Å². The van der Waals surface area contributed by atoms with Crippen molar-refractivity contribution in [3.8, 4) is 0 Å². The minimum atomic E-state index is -0.123. The van der Waals surface area contributed by atoms with Crippen molar-refractivity contribution in [1.29, 1.82) is 0 Å². The molecule has 17 heavy (non-hydrogen) atoms. The zero-order valence-corrected chi connectivity index (χ0v) is 11.5. The first-order valence-electron chi connectivity index (χ1n) is 5.52. The van der Waals surface area contributed by atoms with Crippen molar-refractivity contribution in [3.05, 3.63) is 22.2 Å². The Labute approximate surface area is 111 Å². The summed E-state index contributed by atoms with van der Waals surface area (Å²) in [7, 11) is 0. The van der Waals surface area contributed by atoms with Gasteiger partial charge in [-0.2, -0.15) is 0 Å². The van der Waals surface area contributed by atoms with Crippen LogP contribution in [-0.4, -0.2) is 25.3 Å². The SMILES string of the molecule is CC1(C)COCCN1c1c(Cl)cc(N)cc1Cl. The van der Waals surface area contributed by atoms with Crippen molar-refractivity contribution < 1.29 is 4.74 Å². The number of rotatable bonds is 1. The average molecular weight is 275 g/mol. The summed E-state index contributed by atoms with van der Waals surface area (Å²) in [4.78, 5) is 2.18. The summed E-state index contributed by atoms with van der Waals surface area (Å²) >= 11 is 12.5. The number of morpholine rings is 1. The molecule has 1 aliphatic rings. The molecule has 0 aromatic heterocycles. The van der Waals surface area contributed by atoms with Gasteiger partial charge in [-0.3, -0.25) is 0 Å². The summed E-state index contributed by atoms with van der Waals surface area (Å²) < 4.78 is 5.49. The first kappa shape index (κ1) is 12.8. The predicted molar refractivity (Wildman–Crippen MR) is 73.1 cm³/mol. The van der Waals surface area contributed by atoms with Gasteiger partial charge >= 0.3 is 0 Å². The smallest absolute Gasteiger partial charge is 0.0752 e. The minimum absolute atomic E-state index is 0.123. The van der Waals surface area contributed by atoms with Gasteiger partial charge in [0.25, 0.3) is 0 Å². The topological polar surface area (TPSA) is 38.5 Å². The molecule has 1 aromatic carbocycles. The number of nitrogens with two attached hydrogens (primary N) is 1. The van der Waals surface area contributed by atoms with Crippen LogP contribution in [0, 0.1) is 0 Å². The Hall–Kier alpha value is -0.640. The van der Waals surface area contributed by atoms with Crippen LogP contribution in [-0.2, 0) is 4.74 Å². The second kappa shape index (κ2) is 4.56. The highest BCUT2D eigenvalue weighted by atomic mass is 35.5. The van der Waals surface area contributed by atoms with E-state index in [-0.39, 0.29) is 5.54 Å². The number of halogens is 2. The summed E-state index contributed by atoms with van der Waals surface area (Å²) in [6, 6.07) is 3.46. The zero-order chi connectivity index (χ0) is 12.6. The number of ether oxygens (including phenoxy) is 1. The predicted octanol–water partition coefficient (Wildman–Crippen LogP) is 3.19. The van der Waals surface area contributed by atoms with E-state index in [9.17, 15) is 0 Å². The summed E-state index contributed by atoms with van der Waals surface area (Å²) in [5, 5.41) is 1.18. The lowest BCUT2D eigenvalue weighted by molar-refractivity contribution is 0.0644. The molecule has 0 amide bonds. The van der Waals surface area contributed by atoms with Crippen LogP contribution >= 0.6 is 23.2 Å². The normalized spacial score (nSPS) is 19.4. The number of nitrogen functional groups attached to an aromatic ring is 1. The van der Waals surface area contributed by atoms with Crippen molar-refractivity contribution in [2.75, 3.05) is 30.4 Å². The Morgan fingerprint density at radius 1 is 1.29 bits per heavy atom. The molecule has 1 aromatic rings. The second-order valence-corrected chi connectivity index (χ2v) is 5.66. The Kier molecular flexibility index (Phi) is 3.43. The van der Waals surface area contributed by atoms with Gasteiger partial charge in [0.1, 0.15) is 0 Å². The molecule has 0 spiro atoms. The van der Waals surface area contributed by atoms with Crippen molar-refractivity contribution in [2.24, 2.45) is 0 Å². The molecule has 0 bridgehead atoms. The minimum Gasteiger partial charge on any atom is -0.399 e. The maximum atomic E-state index is 6.25. The van der Waals surface area contributed by atoms with Crippen molar-refractivity contribution >= 4 is 34.6 Å². The van der Waals surface area contributed by atoms with Gasteiger partial charge in [-0.15, -0.1) is 0 Å². The lowest BCUT2D eigenvalue weighted by atomic mass is 10.0. The number of hydrogen-bond acceptors (Lipinski definition) is 3. The zero-order valence-electron chi connectivity index (χ0n) is 9.96. The first-order chi connectivity index (χ1) is 7.92. The van der Waals surface area contributed by atoms with Crippen LogP contribution in [0.1, 0.15) is 13.8 Å². The lowest BCUT2D eigenvalue weighted by Crippen LogP contribution is -2.53. The quantitative estimate of drug-likeness (QED) is 0.800. The van der Waals surface area contributed by atoms with E-state index in [0.717, 1.165) is 12.2 Å². The van der Waals surface area contributed by atoms with Gasteiger partial charge < -0.3 is 15.4 Å². The van der Waals surface area contributed by atoms with Crippen molar-refractivity contribution in [1.82, 2.24) is 0 Å². The van der Waals surface area contributed by atoms with Crippen LogP contribution in [0.4, 0.5) is 11.4 Å². The van der Waals surface area contributed by atoms with E-state index < -0.39 is 0 Å². The van der Waals surface area contributed by atoms with Gasteiger partial charge in [-0.05, 0) is 26.0 Å². The molecule has 2 N–H and O–H groups in total. The molecule has 0 unspecified atom stereocenters. The van der Waals surface area contributed by atoms with Crippen LogP contribution in [0.15, 0.2) is 12.1 Å². The standard InChI is InChI=1S/C12H16Cl2N2O/c1-12(2)7-17-4-3-16(12)11-9(13)5-8(15)6-10(11)14/h5-6H,3-4,7,15H2,1-2H3. The van der Waals surface area contributed by atoms with Crippen LogP contribution in [0.25, 0.3) is 0 Å². The maximum Gasteiger partial charge on any atom is 0.0752 e. The summed E-state index contributed by atoms with van der Waals surface area (Å²) in [6.07, 6.45) is 0.